The Morgan fingerprint density at radius 2 is 2.20 bits per heavy atom. The van der Waals surface area contributed by atoms with Crippen LogP contribution in [0.4, 0.5) is 0 Å². The van der Waals surface area contributed by atoms with Crippen LogP contribution in [0, 0.1) is 5.41 Å². The lowest BCUT2D eigenvalue weighted by Gasteiger charge is -2.24. The van der Waals surface area contributed by atoms with E-state index in [2.05, 4.69) is 5.32 Å². The van der Waals surface area contributed by atoms with Crippen molar-refractivity contribution in [2.45, 2.75) is 39.2 Å². The largest absolute Gasteiger partial charge is 0.381 e. The van der Waals surface area contributed by atoms with E-state index in [4.69, 9.17) is 10.5 Å². The van der Waals surface area contributed by atoms with Crippen molar-refractivity contribution in [2.75, 3.05) is 19.8 Å². The summed E-state index contributed by atoms with van der Waals surface area (Å²) in [7, 11) is 0. The molecular formula is C11H22N2O2. The maximum Gasteiger partial charge on any atom is 0.224 e. The van der Waals surface area contributed by atoms with E-state index in [-0.39, 0.29) is 5.91 Å². The normalized spacial score (nSPS) is 23.5. The molecule has 1 aliphatic heterocycles. The minimum atomic E-state index is -0.465. The second-order valence-electron chi connectivity index (χ2n) is 4.87. The van der Waals surface area contributed by atoms with Crippen molar-refractivity contribution in [1.82, 2.24) is 5.32 Å². The molecule has 1 unspecified atom stereocenters. The van der Waals surface area contributed by atoms with Gasteiger partial charge in [-0.15, -0.1) is 0 Å². The van der Waals surface area contributed by atoms with Gasteiger partial charge in [0, 0.05) is 25.8 Å². The van der Waals surface area contributed by atoms with Crippen molar-refractivity contribution >= 4 is 5.91 Å². The lowest BCUT2D eigenvalue weighted by atomic mass is 9.92. The molecule has 1 heterocycles. The van der Waals surface area contributed by atoms with Crippen molar-refractivity contribution in [1.29, 1.82) is 0 Å². The Morgan fingerprint density at radius 1 is 1.47 bits per heavy atom. The zero-order valence-corrected chi connectivity index (χ0v) is 9.71. The average Bonchev–Trinajstić information content (AvgIpc) is 2.42. The van der Waals surface area contributed by atoms with Crippen LogP contribution >= 0.6 is 0 Å². The average molecular weight is 214 g/mol. The van der Waals surface area contributed by atoms with Crippen LogP contribution in [0.2, 0.25) is 0 Å². The molecule has 4 nitrogen and oxygen atoms in total. The summed E-state index contributed by atoms with van der Waals surface area (Å²) in [5, 5.41) is 3.40. The van der Waals surface area contributed by atoms with Crippen molar-refractivity contribution < 1.29 is 9.53 Å². The van der Waals surface area contributed by atoms with Gasteiger partial charge in [0.1, 0.15) is 0 Å². The Balaban J connectivity index is 2.31. The van der Waals surface area contributed by atoms with E-state index in [1.165, 1.54) is 0 Å². The molecule has 0 bridgehead atoms. The van der Waals surface area contributed by atoms with E-state index in [0.29, 0.717) is 12.6 Å². The summed E-state index contributed by atoms with van der Waals surface area (Å²) in [5.41, 5.74) is 4.85. The predicted molar refractivity (Wildman–Crippen MR) is 59.4 cm³/mol. The Labute approximate surface area is 91.5 Å². The molecule has 0 radical (unpaired) electrons. The van der Waals surface area contributed by atoms with Crippen LogP contribution in [0.15, 0.2) is 0 Å². The summed E-state index contributed by atoms with van der Waals surface area (Å²) in [6.45, 7) is 6.06. The number of rotatable bonds is 4. The Kier molecular flexibility index (Phi) is 4.54. The van der Waals surface area contributed by atoms with Crippen molar-refractivity contribution in [3.05, 3.63) is 0 Å². The first-order chi connectivity index (χ1) is 7.02. The predicted octanol–water partition coefficient (Wildman–Crippen LogP) is 0.657. The molecule has 3 N–H and O–H groups in total. The fraction of sp³-hybridized carbons (Fsp3) is 0.909. The third-order valence-electron chi connectivity index (χ3n) is 2.95. The van der Waals surface area contributed by atoms with Crippen LogP contribution in [-0.2, 0) is 9.53 Å². The fourth-order valence-electron chi connectivity index (χ4n) is 1.59. The topological polar surface area (TPSA) is 64.3 Å². The zero-order chi connectivity index (χ0) is 11.3. The lowest BCUT2D eigenvalue weighted by molar-refractivity contribution is -0.125. The first-order valence-electron chi connectivity index (χ1n) is 5.63. The van der Waals surface area contributed by atoms with Gasteiger partial charge in [-0.3, -0.25) is 4.79 Å². The number of carbonyl (C=O) groups excluding carboxylic acids is 1. The molecule has 1 atom stereocenters. The van der Waals surface area contributed by atoms with Gasteiger partial charge < -0.3 is 15.8 Å². The molecule has 0 aliphatic carbocycles. The van der Waals surface area contributed by atoms with Gasteiger partial charge in [0.25, 0.3) is 0 Å². The second-order valence-corrected chi connectivity index (χ2v) is 4.87. The highest BCUT2D eigenvalue weighted by Gasteiger charge is 2.25. The fourth-order valence-corrected chi connectivity index (χ4v) is 1.59. The number of ether oxygens (including phenoxy) is 1. The molecule has 0 aromatic rings. The minimum absolute atomic E-state index is 0.250. The first kappa shape index (κ1) is 12.5. The molecule has 1 saturated heterocycles. The van der Waals surface area contributed by atoms with Crippen LogP contribution in [0.5, 0.6) is 0 Å². The number of nitrogens with one attached hydrogen (secondary N) is 1. The maximum atomic E-state index is 11.1. The summed E-state index contributed by atoms with van der Waals surface area (Å²) in [5.74, 6) is -0.250. The lowest BCUT2D eigenvalue weighted by Crippen LogP contribution is -2.44. The summed E-state index contributed by atoms with van der Waals surface area (Å²) in [6, 6.07) is 0.464. The molecule has 1 aliphatic rings. The Morgan fingerprint density at radius 3 is 2.87 bits per heavy atom. The Bertz CT molecular complexity index is 209. The van der Waals surface area contributed by atoms with Crippen LogP contribution in [0.25, 0.3) is 0 Å². The standard InChI is InChI=1S/C11H22N2O2/c1-11(2,10(12)14)8-13-9-4-3-6-15-7-5-9/h9,13H,3-8H2,1-2H3,(H2,12,14). The van der Waals surface area contributed by atoms with Gasteiger partial charge in [-0.1, -0.05) is 0 Å². The molecule has 1 rings (SSSR count). The number of nitrogens with two attached hydrogens (primary N) is 1. The number of primary amides is 1. The van der Waals surface area contributed by atoms with E-state index in [9.17, 15) is 4.79 Å². The molecular weight excluding hydrogens is 192 g/mol. The highest BCUT2D eigenvalue weighted by atomic mass is 16.5. The third-order valence-corrected chi connectivity index (χ3v) is 2.95. The van der Waals surface area contributed by atoms with Gasteiger partial charge in [0.05, 0.1) is 5.41 Å². The quantitative estimate of drug-likeness (QED) is 0.722. The number of carbonyl (C=O) groups is 1. The molecule has 0 aromatic heterocycles. The van der Waals surface area contributed by atoms with Gasteiger partial charge in [0.15, 0.2) is 0 Å². The summed E-state index contributed by atoms with van der Waals surface area (Å²) in [6.07, 6.45) is 3.23. The van der Waals surface area contributed by atoms with Crippen molar-refractivity contribution in [2.24, 2.45) is 11.1 Å². The van der Waals surface area contributed by atoms with Crippen molar-refractivity contribution in [3.63, 3.8) is 0 Å². The SMILES string of the molecule is CC(C)(CNC1CCCOCC1)C(N)=O. The van der Waals surface area contributed by atoms with Crippen LogP contribution in [0.1, 0.15) is 33.1 Å². The van der Waals surface area contributed by atoms with Gasteiger partial charge in [-0.2, -0.15) is 0 Å². The van der Waals surface area contributed by atoms with E-state index in [1.54, 1.807) is 0 Å². The number of hydrogen-bond donors (Lipinski definition) is 2. The van der Waals surface area contributed by atoms with Crippen LogP contribution in [0.3, 0.4) is 0 Å². The molecule has 4 heteroatoms. The van der Waals surface area contributed by atoms with Gasteiger partial charge in [0.2, 0.25) is 5.91 Å². The van der Waals surface area contributed by atoms with Gasteiger partial charge >= 0.3 is 0 Å². The molecule has 0 spiro atoms. The number of hydrogen-bond acceptors (Lipinski definition) is 3. The van der Waals surface area contributed by atoms with E-state index in [0.717, 1.165) is 32.5 Å². The van der Waals surface area contributed by atoms with E-state index in [1.807, 2.05) is 13.8 Å². The van der Waals surface area contributed by atoms with Gasteiger partial charge in [-0.25, -0.2) is 0 Å². The second kappa shape index (κ2) is 5.47. The maximum absolute atomic E-state index is 11.1. The minimum Gasteiger partial charge on any atom is -0.381 e. The summed E-state index contributed by atoms with van der Waals surface area (Å²) < 4.78 is 5.37. The molecule has 1 fully saturated rings. The molecule has 88 valence electrons. The molecule has 15 heavy (non-hydrogen) atoms. The Hall–Kier alpha value is -0.610. The molecule has 1 amide bonds. The van der Waals surface area contributed by atoms with Crippen molar-refractivity contribution in [3.8, 4) is 0 Å². The molecule has 0 saturated carbocycles. The highest BCUT2D eigenvalue weighted by Crippen LogP contribution is 2.14. The monoisotopic (exact) mass is 214 g/mol. The number of amides is 1. The third kappa shape index (κ3) is 4.18. The summed E-state index contributed by atoms with van der Waals surface area (Å²) in [4.78, 5) is 11.1. The molecule has 0 aromatic carbocycles. The van der Waals surface area contributed by atoms with Gasteiger partial charge in [-0.05, 0) is 33.1 Å². The first-order valence-corrected chi connectivity index (χ1v) is 5.63. The smallest absolute Gasteiger partial charge is 0.224 e. The highest BCUT2D eigenvalue weighted by molar-refractivity contribution is 5.80. The van der Waals surface area contributed by atoms with Crippen LogP contribution < -0.4 is 11.1 Å². The van der Waals surface area contributed by atoms with E-state index >= 15 is 0 Å². The van der Waals surface area contributed by atoms with E-state index < -0.39 is 5.41 Å². The zero-order valence-electron chi connectivity index (χ0n) is 9.71. The van der Waals surface area contributed by atoms with Crippen LogP contribution in [-0.4, -0.2) is 31.7 Å². The summed E-state index contributed by atoms with van der Waals surface area (Å²) >= 11 is 0.